The van der Waals surface area contributed by atoms with Crippen molar-refractivity contribution in [2.24, 2.45) is 0 Å². The number of thiazole rings is 1. The van der Waals surface area contributed by atoms with Gasteiger partial charge < -0.3 is 5.11 Å². The van der Waals surface area contributed by atoms with E-state index in [0.29, 0.717) is 0 Å². The van der Waals surface area contributed by atoms with Crippen LogP contribution in [0.2, 0.25) is 0 Å². The Morgan fingerprint density at radius 3 is 2.67 bits per heavy atom. The first kappa shape index (κ1) is 11.9. The molecular weight excluding hydrogens is 242 g/mol. The number of aliphatic hydroxyl groups excluding tert-OH is 1. The van der Waals surface area contributed by atoms with E-state index in [0.717, 1.165) is 23.5 Å². The van der Waals surface area contributed by atoms with Crippen LogP contribution in [0.25, 0.3) is 11.3 Å². The zero-order valence-electron chi connectivity index (χ0n) is 10.7. The van der Waals surface area contributed by atoms with Gasteiger partial charge in [-0.3, -0.25) is 0 Å². The Labute approximate surface area is 111 Å². The summed E-state index contributed by atoms with van der Waals surface area (Å²) in [6.07, 6.45) is 2.15. The number of aromatic nitrogens is 1. The third-order valence-electron chi connectivity index (χ3n) is 3.92. The van der Waals surface area contributed by atoms with Crippen LogP contribution in [0, 0.1) is 13.8 Å². The van der Waals surface area contributed by atoms with Crippen LogP contribution < -0.4 is 0 Å². The standard InChI is InChI=1S/C15H17NOS/c1-10-3-4-12(7-11(10)2)13-8-18-14(16-13)15(9-17)5-6-15/h3-4,7-8,17H,5-6,9H2,1-2H3. The molecular formula is C15H17NOS. The second-order valence-electron chi connectivity index (χ2n) is 5.28. The van der Waals surface area contributed by atoms with E-state index in [1.165, 1.54) is 16.7 Å². The molecule has 94 valence electrons. The average molecular weight is 259 g/mol. The van der Waals surface area contributed by atoms with Crippen molar-refractivity contribution >= 4 is 11.3 Å². The summed E-state index contributed by atoms with van der Waals surface area (Å²) in [4.78, 5) is 4.71. The number of rotatable bonds is 3. The van der Waals surface area contributed by atoms with E-state index in [1.54, 1.807) is 11.3 Å². The van der Waals surface area contributed by atoms with Crippen LogP contribution in [0.5, 0.6) is 0 Å². The van der Waals surface area contributed by atoms with Gasteiger partial charge in [0.25, 0.3) is 0 Å². The number of aryl methyl sites for hydroxylation is 2. The molecule has 1 aromatic heterocycles. The average Bonchev–Trinajstić information content (AvgIpc) is 3.02. The summed E-state index contributed by atoms with van der Waals surface area (Å²) in [5.74, 6) is 0. The molecule has 1 aliphatic carbocycles. The van der Waals surface area contributed by atoms with E-state index >= 15 is 0 Å². The molecule has 18 heavy (non-hydrogen) atoms. The quantitative estimate of drug-likeness (QED) is 0.915. The first-order valence-corrected chi connectivity index (χ1v) is 7.17. The van der Waals surface area contributed by atoms with Gasteiger partial charge in [0.05, 0.1) is 12.3 Å². The molecule has 0 spiro atoms. The minimum absolute atomic E-state index is 0.0113. The molecule has 3 heteroatoms. The minimum Gasteiger partial charge on any atom is -0.395 e. The summed E-state index contributed by atoms with van der Waals surface area (Å²) in [6.45, 7) is 4.48. The van der Waals surface area contributed by atoms with Crippen molar-refractivity contribution in [2.45, 2.75) is 32.1 Å². The molecule has 0 atom stereocenters. The SMILES string of the molecule is Cc1ccc(-c2csc(C3(CO)CC3)n2)cc1C. The Bertz CT molecular complexity index is 584. The third-order valence-corrected chi connectivity index (χ3v) is 5.01. The second-order valence-corrected chi connectivity index (χ2v) is 6.13. The van der Waals surface area contributed by atoms with Crippen molar-refractivity contribution in [3.8, 4) is 11.3 Å². The van der Waals surface area contributed by atoms with E-state index in [2.05, 4.69) is 37.4 Å². The number of aliphatic hydroxyl groups is 1. The fourth-order valence-corrected chi connectivity index (χ4v) is 3.22. The van der Waals surface area contributed by atoms with Gasteiger partial charge >= 0.3 is 0 Å². The van der Waals surface area contributed by atoms with Crippen molar-refractivity contribution in [1.29, 1.82) is 0 Å². The predicted octanol–water partition coefficient (Wildman–Crippen LogP) is 3.45. The van der Waals surface area contributed by atoms with Gasteiger partial charge in [-0.2, -0.15) is 0 Å². The van der Waals surface area contributed by atoms with Gasteiger partial charge in [0.2, 0.25) is 0 Å². The van der Waals surface area contributed by atoms with Crippen LogP contribution in [0.3, 0.4) is 0 Å². The number of hydrogen-bond donors (Lipinski definition) is 1. The van der Waals surface area contributed by atoms with Gasteiger partial charge in [-0.1, -0.05) is 12.1 Å². The Hall–Kier alpha value is -1.19. The summed E-state index contributed by atoms with van der Waals surface area (Å²) in [6, 6.07) is 6.45. The van der Waals surface area contributed by atoms with Gasteiger partial charge in [-0.05, 0) is 43.9 Å². The van der Waals surface area contributed by atoms with E-state index in [9.17, 15) is 5.11 Å². The van der Waals surface area contributed by atoms with E-state index in [1.807, 2.05) is 0 Å². The maximum Gasteiger partial charge on any atom is 0.102 e. The van der Waals surface area contributed by atoms with E-state index in [-0.39, 0.29) is 12.0 Å². The molecule has 1 heterocycles. The molecule has 2 aromatic rings. The smallest absolute Gasteiger partial charge is 0.102 e. The lowest BCUT2D eigenvalue weighted by Crippen LogP contribution is -2.11. The van der Waals surface area contributed by atoms with Crippen LogP contribution in [-0.2, 0) is 5.41 Å². The summed E-state index contributed by atoms with van der Waals surface area (Å²) in [5.41, 5.74) is 4.81. The molecule has 0 unspecified atom stereocenters. The first-order chi connectivity index (χ1) is 8.64. The van der Waals surface area contributed by atoms with Gasteiger partial charge in [-0.25, -0.2) is 4.98 Å². The molecule has 0 amide bonds. The highest BCUT2D eigenvalue weighted by Crippen LogP contribution is 2.49. The van der Waals surface area contributed by atoms with Gasteiger partial charge in [0.15, 0.2) is 0 Å². The zero-order chi connectivity index (χ0) is 12.8. The van der Waals surface area contributed by atoms with E-state index in [4.69, 9.17) is 4.98 Å². The summed E-state index contributed by atoms with van der Waals surface area (Å²) < 4.78 is 0. The Balaban J connectivity index is 1.95. The molecule has 1 saturated carbocycles. The lowest BCUT2D eigenvalue weighted by atomic mass is 10.0. The largest absolute Gasteiger partial charge is 0.395 e. The maximum absolute atomic E-state index is 9.44. The Morgan fingerprint density at radius 1 is 1.28 bits per heavy atom. The first-order valence-electron chi connectivity index (χ1n) is 6.29. The van der Waals surface area contributed by atoms with Crippen LogP contribution in [-0.4, -0.2) is 16.7 Å². The van der Waals surface area contributed by atoms with Crippen LogP contribution in [0.15, 0.2) is 23.6 Å². The van der Waals surface area contributed by atoms with Crippen LogP contribution in [0.4, 0.5) is 0 Å². The fourth-order valence-electron chi connectivity index (χ4n) is 2.14. The van der Waals surface area contributed by atoms with Crippen molar-refractivity contribution in [2.75, 3.05) is 6.61 Å². The van der Waals surface area contributed by atoms with Crippen LogP contribution in [0.1, 0.15) is 29.0 Å². The summed E-state index contributed by atoms with van der Waals surface area (Å²) in [7, 11) is 0. The number of nitrogens with zero attached hydrogens (tertiary/aromatic N) is 1. The van der Waals surface area contributed by atoms with Crippen molar-refractivity contribution < 1.29 is 5.11 Å². The Morgan fingerprint density at radius 2 is 2.06 bits per heavy atom. The van der Waals surface area contributed by atoms with Crippen LogP contribution >= 0.6 is 11.3 Å². The lowest BCUT2D eigenvalue weighted by Gasteiger charge is -2.06. The monoisotopic (exact) mass is 259 g/mol. The molecule has 0 saturated heterocycles. The molecule has 0 radical (unpaired) electrons. The zero-order valence-corrected chi connectivity index (χ0v) is 11.5. The molecule has 1 fully saturated rings. The summed E-state index contributed by atoms with van der Waals surface area (Å²) in [5, 5.41) is 12.6. The predicted molar refractivity (Wildman–Crippen MR) is 75.0 cm³/mol. The molecule has 1 N–H and O–H groups in total. The highest BCUT2D eigenvalue weighted by atomic mass is 32.1. The molecule has 1 aliphatic rings. The van der Waals surface area contributed by atoms with Crippen molar-refractivity contribution in [3.63, 3.8) is 0 Å². The molecule has 1 aromatic carbocycles. The summed E-state index contributed by atoms with van der Waals surface area (Å²) >= 11 is 1.68. The van der Waals surface area contributed by atoms with Gasteiger partial charge in [0, 0.05) is 16.4 Å². The number of hydrogen-bond acceptors (Lipinski definition) is 3. The van der Waals surface area contributed by atoms with Crippen molar-refractivity contribution in [3.05, 3.63) is 39.7 Å². The third kappa shape index (κ3) is 1.88. The number of benzene rings is 1. The minimum atomic E-state index is -0.0113. The second kappa shape index (κ2) is 4.18. The maximum atomic E-state index is 9.44. The molecule has 2 nitrogen and oxygen atoms in total. The molecule has 3 rings (SSSR count). The molecule has 0 aliphatic heterocycles. The van der Waals surface area contributed by atoms with Gasteiger partial charge in [0.1, 0.15) is 5.01 Å². The topological polar surface area (TPSA) is 33.1 Å². The fraction of sp³-hybridized carbons (Fsp3) is 0.400. The normalized spacial score (nSPS) is 16.8. The van der Waals surface area contributed by atoms with Crippen molar-refractivity contribution in [1.82, 2.24) is 4.98 Å². The molecule has 0 bridgehead atoms. The highest BCUT2D eigenvalue weighted by molar-refractivity contribution is 7.10. The lowest BCUT2D eigenvalue weighted by molar-refractivity contribution is 0.255. The highest BCUT2D eigenvalue weighted by Gasteiger charge is 2.46. The van der Waals surface area contributed by atoms with E-state index < -0.39 is 0 Å². The van der Waals surface area contributed by atoms with Gasteiger partial charge in [-0.15, -0.1) is 11.3 Å². The Kier molecular flexibility index (Phi) is 2.76.